The molecule has 33 heavy (non-hydrogen) atoms. The van der Waals surface area contributed by atoms with E-state index in [1.165, 1.54) is 24.3 Å². The van der Waals surface area contributed by atoms with Crippen molar-refractivity contribution in [1.29, 1.82) is 0 Å². The van der Waals surface area contributed by atoms with Gasteiger partial charge in [-0.2, -0.15) is 13.2 Å². The van der Waals surface area contributed by atoms with E-state index in [2.05, 4.69) is 5.32 Å². The largest absolute Gasteiger partial charge is 0.418 e. The van der Waals surface area contributed by atoms with E-state index in [9.17, 15) is 26.4 Å². The van der Waals surface area contributed by atoms with Crippen LogP contribution in [0, 0.1) is 13.8 Å². The first kappa shape index (κ1) is 24.6. The molecule has 0 bridgehead atoms. The number of halogens is 4. The van der Waals surface area contributed by atoms with Crippen LogP contribution in [0.1, 0.15) is 16.7 Å². The summed E-state index contributed by atoms with van der Waals surface area (Å²) in [5.74, 6) is -0.943. The van der Waals surface area contributed by atoms with Gasteiger partial charge in [0.1, 0.15) is 6.54 Å². The summed E-state index contributed by atoms with van der Waals surface area (Å²) in [6.45, 7) is 2.74. The number of hydrogen-bond donors (Lipinski definition) is 1. The van der Waals surface area contributed by atoms with Gasteiger partial charge in [0.15, 0.2) is 0 Å². The van der Waals surface area contributed by atoms with Crippen LogP contribution in [0.2, 0.25) is 5.02 Å². The van der Waals surface area contributed by atoms with Crippen molar-refractivity contribution in [2.75, 3.05) is 16.2 Å². The minimum absolute atomic E-state index is 0.0494. The molecule has 0 aromatic heterocycles. The van der Waals surface area contributed by atoms with Crippen molar-refractivity contribution >= 4 is 38.9 Å². The van der Waals surface area contributed by atoms with Crippen molar-refractivity contribution in [3.63, 3.8) is 0 Å². The molecule has 0 saturated heterocycles. The average molecular weight is 497 g/mol. The van der Waals surface area contributed by atoms with E-state index in [4.69, 9.17) is 11.6 Å². The first-order valence-electron chi connectivity index (χ1n) is 9.71. The third-order valence-corrected chi connectivity index (χ3v) is 6.85. The van der Waals surface area contributed by atoms with Gasteiger partial charge in [0, 0.05) is 5.02 Å². The van der Waals surface area contributed by atoms with Crippen molar-refractivity contribution in [2.45, 2.75) is 24.9 Å². The van der Waals surface area contributed by atoms with Crippen molar-refractivity contribution in [2.24, 2.45) is 0 Å². The molecule has 3 rings (SSSR count). The minimum atomic E-state index is -4.77. The molecule has 0 spiro atoms. The quantitative estimate of drug-likeness (QED) is 0.468. The van der Waals surface area contributed by atoms with Gasteiger partial charge in [-0.25, -0.2) is 8.42 Å². The maximum Gasteiger partial charge on any atom is 0.418 e. The Morgan fingerprint density at radius 2 is 1.64 bits per heavy atom. The van der Waals surface area contributed by atoms with Crippen LogP contribution in [0.25, 0.3) is 0 Å². The molecule has 0 atom stereocenters. The van der Waals surface area contributed by atoms with Crippen LogP contribution in [0.15, 0.2) is 71.6 Å². The average Bonchev–Trinajstić information content (AvgIpc) is 2.73. The number of carbonyl (C=O) groups is 1. The molecule has 3 aromatic rings. The highest BCUT2D eigenvalue weighted by Gasteiger charge is 2.35. The molecule has 0 fully saturated rings. The second-order valence-electron chi connectivity index (χ2n) is 7.35. The van der Waals surface area contributed by atoms with Gasteiger partial charge in [-0.1, -0.05) is 47.5 Å². The zero-order valence-corrected chi connectivity index (χ0v) is 19.2. The Labute approximate surface area is 194 Å². The number of hydrogen-bond acceptors (Lipinski definition) is 3. The van der Waals surface area contributed by atoms with Crippen LogP contribution < -0.4 is 9.62 Å². The predicted octanol–water partition coefficient (Wildman–Crippen LogP) is 5.81. The second kappa shape index (κ2) is 9.44. The number of nitrogens with zero attached hydrogens (tertiary/aromatic N) is 1. The van der Waals surface area contributed by atoms with Gasteiger partial charge < -0.3 is 5.32 Å². The van der Waals surface area contributed by atoms with Crippen LogP contribution >= 0.6 is 11.6 Å². The fourth-order valence-electron chi connectivity index (χ4n) is 3.16. The van der Waals surface area contributed by atoms with E-state index in [1.54, 1.807) is 44.2 Å². The van der Waals surface area contributed by atoms with E-state index >= 15 is 0 Å². The van der Waals surface area contributed by atoms with Crippen molar-refractivity contribution in [1.82, 2.24) is 0 Å². The van der Waals surface area contributed by atoms with E-state index in [0.717, 1.165) is 15.9 Å². The molecule has 0 aliphatic heterocycles. The SMILES string of the molecule is Cc1ccc(S(=O)(=O)N(CC(=O)Nc2ccc(Cl)cc2C(F)(F)F)c2ccccc2C)cc1. The minimum Gasteiger partial charge on any atom is -0.324 e. The molecule has 5 nitrogen and oxygen atoms in total. The summed E-state index contributed by atoms with van der Waals surface area (Å²) in [7, 11) is -4.20. The van der Waals surface area contributed by atoms with E-state index in [0.29, 0.717) is 11.6 Å². The summed E-state index contributed by atoms with van der Waals surface area (Å²) in [6, 6.07) is 15.5. The summed E-state index contributed by atoms with van der Waals surface area (Å²) in [5.41, 5.74) is 0.00180. The maximum absolute atomic E-state index is 13.4. The van der Waals surface area contributed by atoms with Gasteiger partial charge in [0.05, 0.1) is 21.8 Å². The molecule has 0 saturated carbocycles. The van der Waals surface area contributed by atoms with Crippen molar-refractivity contribution < 1.29 is 26.4 Å². The molecule has 0 aliphatic rings. The first-order valence-corrected chi connectivity index (χ1v) is 11.5. The molecule has 0 unspecified atom stereocenters. The van der Waals surface area contributed by atoms with E-state index in [1.807, 2.05) is 0 Å². The summed E-state index contributed by atoms with van der Waals surface area (Å²) >= 11 is 5.68. The normalized spacial score (nSPS) is 11.8. The number of para-hydroxylation sites is 1. The van der Waals surface area contributed by atoms with Gasteiger partial charge in [0.25, 0.3) is 10.0 Å². The summed E-state index contributed by atoms with van der Waals surface area (Å²) in [6.07, 6.45) is -4.77. The van der Waals surface area contributed by atoms with Gasteiger partial charge >= 0.3 is 6.18 Å². The summed E-state index contributed by atoms with van der Waals surface area (Å²) in [5, 5.41) is 2.02. The lowest BCUT2D eigenvalue weighted by Crippen LogP contribution is -2.38. The summed E-state index contributed by atoms with van der Waals surface area (Å²) < 4.78 is 67.8. The number of sulfonamides is 1. The van der Waals surface area contributed by atoms with Crippen LogP contribution in [0.3, 0.4) is 0 Å². The van der Waals surface area contributed by atoms with Crippen molar-refractivity contribution in [3.8, 4) is 0 Å². The fourth-order valence-corrected chi connectivity index (χ4v) is 4.82. The number of benzene rings is 3. The molecule has 1 N–H and O–H groups in total. The standard InChI is InChI=1S/C23H20ClF3N2O3S/c1-15-7-10-18(11-8-15)33(31,32)29(21-6-4-3-5-16(21)2)14-22(30)28-20-12-9-17(24)13-19(20)23(25,26)27/h3-13H,14H2,1-2H3,(H,28,30). The zero-order valence-electron chi connectivity index (χ0n) is 17.7. The monoisotopic (exact) mass is 496 g/mol. The van der Waals surface area contributed by atoms with Gasteiger partial charge in [-0.05, 0) is 55.8 Å². The number of alkyl halides is 3. The fraction of sp³-hybridized carbons (Fsp3) is 0.174. The number of rotatable bonds is 6. The second-order valence-corrected chi connectivity index (χ2v) is 9.65. The third kappa shape index (κ3) is 5.66. The van der Waals surface area contributed by atoms with Gasteiger partial charge in [-0.15, -0.1) is 0 Å². The zero-order chi connectivity index (χ0) is 24.4. The Morgan fingerprint density at radius 3 is 2.24 bits per heavy atom. The van der Waals surface area contributed by atoms with E-state index < -0.39 is 39.9 Å². The molecule has 0 aliphatic carbocycles. The number of carbonyl (C=O) groups excluding carboxylic acids is 1. The molecular weight excluding hydrogens is 477 g/mol. The smallest absolute Gasteiger partial charge is 0.324 e. The molecular formula is C23H20ClF3N2O3S. The van der Waals surface area contributed by atoms with Crippen LogP contribution in [-0.4, -0.2) is 20.9 Å². The Bertz CT molecular complexity index is 1280. The van der Waals surface area contributed by atoms with Gasteiger partial charge in [-0.3, -0.25) is 9.10 Å². The van der Waals surface area contributed by atoms with Crippen molar-refractivity contribution in [3.05, 3.63) is 88.4 Å². The van der Waals surface area contributed by atoms with Crippen LogP contribution in [0.5, 0.6) is 0 Å². The molecule has 1 amide bonds. The molecule has 174 valence electrons. The Hall–Kier alpha value is -3.04. The Balaban J connectivity index is 1.99. The number of nitrogens with one attached hydrogen (secondary N) is 1. The predicted molar refractivity (Wildman–Crippen MR) is 122 cm³/mol. The van der Waals surface area contributed by atoms with Crippen LogP contribution in [0.4, 0.5) is 24.5 Å². The summed E-state index contributed by atoms with van der Waals surface area (Å²) in [4.78, 5) is 12.7. The van der Waals surface area contributed by atoms with Crippen LogP contribution in [-0.2, 0) is 21.0 Å². The molecule has 0 radical (unpaired) electrons. The Kier molecular flexibility index (Phi) is 7.04. The topological polar surface area (TPSA) is 66.5 Å². The first-order chi connectivity index (χ1) is 15.4. The lowest BCUT2D eigenvalue weighted by molar-refractivity contribution is -0.137. The van der Waals surface area contributed by atoms with E-state index in [-0.39, 0.29) is 15.6 Å². The highest BCUT2D eigenvalue weighted by atomic mass is 35.5. The maximum atomic E-state index is 13.4. The number of amides is 1. The lowest BCUT2D eigenvalue weighted by atomic mass is 10.1. The molecule has 3 aromatic carbocycles. The Morgan fingerprint density at radius 1 is 1.00 bits per heavy atom. The highest BCUT2D eigenvalue weighted by Crippen LogP contribution is 2.36. The number of aryl methyl sites for hydroxylation is 2. The number of anilines is 2. The third-order valence-electron chi connectivity index (χ3n) is 4.84. The molecule has 0 heterocycles. The highest BCUT2D eigenvalue weighted by molar-refractivity contribution is 7.92. The lowest BCUT2D eigenvalue weighted by Gasteiger charge is -2.26. The molecule has 10 heteroatoms. The van der Waals surface area contributed by atoms with Gasteiger partial charge in [0.2, 0.25) is 5.91 Å².